The van der Waals surface area contributed by atoms with Crippen molar-refractivity contribution in [2.75, 3.05) is 5.32 Å². The van der Waals surface area contributed by atoms with E-state index < -0.39 is 11.7 Å². The Morgan fingerprint density at radius 3 is 2.56 bits per heavy atom. The molecular formula is C12H8BrF3N2. The number of nitrogens with one attached hydrogen (secondary N) is 1. The fourth-order valence-electron chi connectivity index (χ4n) is 1.39. The van der Waals surface area contributed by atoms with Crippen LogP contribution in [0.5, 0.6) is 0 Å². The van der Waals surface area contributed by atoms with Crippen molar-refractivity contribution in [1.82, 2.24) is 4.98 Å². The second-order valence-corrected chi connectivity index (χ2v) is 4.39. The van der Waals surface area contributed by atoms with Gasteiger partial charge in [-0.25, -0.2) is 4.98 Å². The van der Waals surface area contributed by atoms with Crippen LogP contribution in [0.3, 0.4) is 0 Å². The molecule has 1 aromatic carbocycles. The summed E-state index contributed by atoms with van der Waals surface area (Å²) >= 11 is 3.26. The van der Waals surface area contributed by atoms with Crippen molar-refractivity contribution in [1.29, 1.82) is 0 Å². The van der Waals surface area contributed by atoms with Crippen molar-refractivity contribution < 1.29 is 13.2 Å². The van der Waals surface area contributed by atoms with Crippen LogP contribution in [-0.4, -0.2) is 4.98 Å². The summed E-state index contributed by atoms with van der Waals surface area (Å²) in [5.74, 6) is 0.469. The third-order valence-corrected chi connectivity index (χ3v) is 2.85. The molecule has 0 aliphatic rings. The maximum Gasteiger partial charge on any atom is 0.416 e. The molecule has 0 unspecified atom stereocenters. The van der Waals surface area contributed by atoms with Crippen LogP contribution in [0.2, 0.25) is 0 Å². The minimum absolute atomic E-state index is 0.337. The van der Waals surface area contributed by atoms with Gasteiger partial charge < -0.3 is 5.32 Å². The summed E-state index contributed by atoms with van der Waals surface area (Å²) in [6.07, 6.45) is -2.79. The molecule has 0 fully saturated rings. The lowest BCUT2D eigenvalue weighted by molar-refractivity contribution is -0.137. The standard InChI is InChI=1S/C12H8BrF3N2/c13-10-5-2-6-17-11(10)18-9-4-1-3-8(7-9)12(14,15)16/h1-7H,(H,17,18). The summed E-state index contributed by atoms with van der Waals surface area (Å²) in [5.41, 5.74) is -0.358. The largest absolute Gasteiger partial charge is 0.416 e. The molecule has 0 aliphatic carbocycles. The molecule has 0 saturated carbocycles. The average Bonchev–Trinajstić information content (AvgIpc) is 2.31. The number of hydrogen-bond acceptors (Lipinski definition) is 2. The quantitative estimate of drug-likeness (QED) is 0.875. The number of halogens is 4. The molecule has 0 atom stereocenters. The van der Waals surface area contributed by atoms with E-state index in [2.05, 4.69) is 26.2 Å². The number of pyridine rings is 1. The normalized spacial score (nSPS) is 11.3. The summed E-state index contributed by atoms with van der Waals surface area (Å²) in [6, 6.07) is 8.45. The molecule has 0 spiro atoms. The Labute approximate surface area is 110 Å². The van der Waals surface area contributed by atoms with Gasteiger partial charge in [0.1, 0.15) is 5.82 Å². The summed E-state index contributed by atoms with van der Waals surface area (Å²) < 4.78 is 38.3. The van der Waals surface area contributed by atoms with Crippen LogP contribution < -0.4 is 5.32 Å². The van der Waals surface area contributed by atoms with Crippen molar-refractivity contribution in [3.63, 3.8) is 0 Å². The zero-order valence-corrected chi connectivity index (χ0v) is 10.6. The SMILES string of the molecule is FC(F)(F)c1cccc(Nc2ncccc2Br)c1. The second kappa shape index (κ2) is 4.97. The number of anilines is 2. The Morgan fingerprint density at radius 2 is 1.89 bits per heavy atom. The van der Waals surface area contributed by atoms with E-state index in [9.17, 15) is 13.2 Å². The summed E-state index contributed by atoms with van der Waals surface area (Å²) in [6.45, 7) is 0. The lowest BCUT2D eigenvalue weighted by Crippen LogP contribution is -2.05. The molecule has 6 heteroatoms. The molecule has 2 aromatic rings. The van der Waals surface area contributed by atoms with E-state index in [1.165, 1.54) is 6.07 Å². The van der Waals surface area contributed by atoms with Crippen molar-refractivity contribution in [3.05, 3.63) is 52.6 Å². The Bertz CT molecular complexity index is 555. The number of hydrogen-bond donors (Lipinski definition) is 1. The van der Waals surface area contributed by atoms with Gasteiger partial charge in [-0.15, -0.1) is 0 Å². The molecule has 2 rings (SSSR count). The summed E-state index contributed by atoms with van der Waals surface area (Å²) in [5, 5.41) is 2.83. The molecule has 1 N–H and O–H groups in total. The Balaban J connectivity index is 2.28. The molecule has 0 aliphatic heterocycles. The highest BCUT2D eigenvalue weighted by atomic mass is 79.9. The van der Waals surface area contributed by atoms with Gasteiger partial charge in [-0.3, -0.25) is 0 Å². The molecule has 0 saturated heterocycles. The molecular weight excluding hydrogens is 309 g/mol. The summed E-state index contributed by atoms with van der Waals surface area (Å²) in [4.78, 5) is 4.03. The van der Waals surface area contributed by atoms with Crippen molar-refractivity contribution in [3.8, 4) is 0 Å². The van der Waals surface area contributed by atoms with E-state index in [4.69, 9.17) is 0 Å². The van der Waals surface area contributed by atoms with Crippen LogP contribution in [0, 0.1) is 0 Å². The van der Waals surface area contributed by atoms with Gasteiger partial charge in [-0.2, -0.15) is 13.2 Å². The van der Waals surface area contributed by atoms with Crippen LogP contribution in [0.15, 0.2) is 47.1 Å². The highest BCUT2D eigenvalue weighted by molar-refractivity contribution is 9.10. The van der Waals surface area contributed by atoms with Crippen LogP contribution in [0.1, 0.15) is 5.56 Å². The van der Waals surface area contributed by atoms with Crippen molar-refractivity contribution >= 4 is 27.4 Å². The lowest BCUT2D eigenvalue weighted by Gasteiger charge is -2.10. The number of nitrogens with zero attached hydrogens (tertiary/aromatic N) is 1. The van der Waals surface area contributed by atoms with Gasteiger partial charge in [0.15, 0.2) is 0 Å². The zero-order valence-electron chi connectivity index (χ0n) is 9.00. The molecule has 2 nitrogen and oxygen atoms in total. The topological polar surface area (TPSA) is 24.9 Å². The predicted octanol–water partition coefficient (Wildman–Crippen LogP) is 4.61. The fraction of sp³-hybridized carbons (Fsp3) is 0.0833. The van der Waals surface area contributed by atoms with Crippen LogP contribution in [0.25, 0.3) is 0 Å². The number of aromatic nitrogens is 1. The minimum Gasteiger partial charge on any atom is -0.339 e. The summed E-state index contributed by atoms with van der Waals surface area (Å²) in [7, 11) is 0. The zero-order chi connectivity index (χ0) is 13.2. The van der Waals surface area contributed by atoms with Gasteiger partial charge in [-0.05, 0) is 46.3 Å². The molecule has 1 heterocycles. The van der Waals surface area contributed by atoms with Crippen molar-refractivity contribution in [2.24, 2.45) is 0 Å². The van der Waals surface area contributed by atoms with E-state index >= 15 is 0 Å². The first-order valence-corrected chi connectivity index (χ1v) is 5.81. The molecule has 18 heavy (non-hydrogen) atoms. The predicted molar refractivity (Wildman–Crippen MR) is 66.7 cm³/mol. The van der Waals surface area contributed by atoms with E-state index in [1.54, 1.807) is 24.4 Å². The first kappa shape index (κ1) is 12.9. The lowest BCUT2D eigenvalue weighted by atomic mass is 10.2. The average molecular weight is 317 g/mol. The molecule has 94 valence electrons. The Hall–Kier alpha value is -1.56. The van der Waals surface area contributed by atoms with Crippen LogP contribution >= 0.6 is 15.9 Å². The van der Waals surface area contributed by atoms with Gasteiger partial charge in [0.25, 0.3) is 0 Å². The maximum absolute atomic E-state index is 12.5. The van der Waals surface area contributed by atoms with Crippen molar-refractivity contribution in [2.45, 2.75) is 6.18 Å². The fourth-order valence-corrected chi connectivity index (χ4v) is 1.74. The smallest absolute Gasteiger partial charge is 0.339 e. The molecule has 0 amide bonds. The Morgan fingerprint density at radius 1 is 1.11 bits per heavy atom. The van der Waals surface area contributed by atoms with Crippen LogP contribution in [-0.2, 0) is 6.18 Å². The number of benzene rings is 1. The van der Waals surface area contributed by atoms with E-state index in [0.29, 0.717) is 16.0 Å². The number of alkyl halides is 3. The van der Waals surface area contributed by atoms with Gasteiger partial charge in [0, 0.05) is 11.9 Å². The Kier molecular flexibility index (Phi) is 3.56. The second-order valence-electron chi connectivity index (χ2n) is 3.54. The highest BCUT2D eigenvalue weighted by Gasteiger charge is 2.30. The first-order chi connectivity index (χ1) is 8.47. The first-order valence-electron chi connectivity index (χ1n) is 5.01. The van der Waals surface area contributed by atoms with E-state index in [1.807, 2.05) is 0 Å². The van der Waals surface area contributed by atoms with Gasteiger partial charge in [-0.1, -0.05) is 6.07 Å². The molecule has 0 bridgehead atoms. The third-order valence-electron chi connectivity index (χ3n) is 2.21. The molecule has 1 aromatic heterocycles. The maximum atomic E-state index is 12.5. The number of rotatable bonds is 2. The minimum atomic E-state index is -4.35. The van der Waals surface area contributed by atoms with E-state index in [0.717, 1.165) is 12.1 Å². The molecule has 0 radical (unpaired) electrons. The van der Waals surface area contributed by atoms with E-state index in [-0.39, 0.29) is 0 Å². The van der Waals surface area contributed by atoms with Gasteiger partial charge in [0.2, 0.25) is 0 Å². The van der Waals surface area contributed by atoms with Gasteiger partial charge >= 0.3 is 6.18 Å². The monoisotopic (exact) mass is 316 g/mol. The highest BCUT2D eigenvalue weighted by Crippen LogP contribution is 2.31. The third kappa shape index (κ3) is 3.01. The van der Waals surface area contributed by atoms with Crippen LogP contribution in [0.4, 0.5) is 24.7 Å². The van der Waals surface area contributed by atoms with Gasteiger partial charge in [0.05, 0.1) is 10.0 Å².